The molecule has 0 fully saturated rings. The molecule has 4 aromatic rings. The van der Waals surface area contributed by atoms with E-state index in [1.54, 1.807) is 16.8 Å². The van der Waals surface area contributed by atoms with Gasteiger partial charge in [0.25, 0.3) is 0 Å². The fraction of sp³-hybridized carbons (Fsp3) is 0.150. The molecule has 2 heterocycles. The van der Waals surface area contributed by atoms with E-state index in [2.05, 4.69) is 28.9 Å². The molecule has 7 heteroatoms. The second-order valence-corrected chi connectivity index (χ2v) is 6.57. The molecular weight excluding hydrogens is 343 g/mol. The topological polar surface area (TPSA) is 66.0 Å². The van der Waals surface area contributed by atoms with Crippen molar-refractivity contribution in [3.05, 3.63) is 65.9 Å². The number of hydrogen-bond donors (Lipinski definition) is 1. The lowest BCUT2D eigenvalue weighted by molar-refractivity contribution is 0.551. The summed E-state index contributed by atoms with van der Waals surface area (Å²) < 4.78 is 17.7. The van der Waals surface area contributed by atoms with Crippen molar-refractivity contribution in [1.29, 1.82) is 0 Å². The summed E-state index contributed by atoms with van der Waals surface area (Å²) in [5, 5.41) is 9.78. The summed E-state index contributed by atoms with van der Waals surface area (Å²) in [7, 11) is 0. The summed E-state index contributed by atoms with van der Waals surface area (Å²) in [6.45, 7) is 11.1. The zero-order valence-electron chi connectivity index (χ0n) is 14.9. The molecule has 27 heavy (non-hydrogen) atoms. The molecule has 0 bridgehead atoms. The first-order valence-electron chi connectivity index (χ1n) is 8.48. The summed E-state index contributed by atoms with van der Waals surface area (Å²) in [4.78, 5) is 3.16. The quantitative estimate of drug-likeness (QED) is 0.537. The molecular formula is C20H17FN6. The highest BCUT2D eigenvalue weighted by molar-refractivity contribution is 5.81. The van der Waals surface area contributed by atoms with Gasteiger partial charge in [-0.1, -0.05) is 12.1 Å². The highest BCUT2D eigenvalue weighted by atomic mass is 19.1. The largest absolute Gasteiger partial charge is 0.382 e. The number of halogens is 1. The van der Waals surface area contributed by atoms with Crippen molar-refractivity contribution in [2.24, 2.45) is 0 Å². The van der Waals surface area contributed by atoms with Crippen LogP contribution >= 0.6 is 0 Å². The minimum Gasteiger partial charge on any atom is -0.382 e. The molecule has 0 atom stereocenters. The van der Waals surface area contributed by atoms with E-state index in [4.69, 9.17) is 12.3 Å². The van der Waals surface area contributed by atoms with E-state index >= 15 is 0 Å². The van der Waals surface area contributed by atoms with Crippen LogP contribution in [-0.4, -0.2) is 19.6 Å². The van der Waals surface area contributed by atoms with Crippen molar-refractivity contribution in [2.75, 3.05) is 5.73 Å². The van der Waals surface area contributed by atoms with Gasteiger partial charge in [-0.3, -0.25) is 4.68 Å². The van der Waals surface area contributed by atoms with Crippen LogP contribution in [0.5, 0.6) is 0 Å². The van der Waals surface area contributed by atoms with E-state index in [0.717, 1.165) is 16.6 Å². The lowest BCUT2D eigenvalue weighted by Crippen LogP contribution is -2.03. The zero-order chi connectivity index (χ0) is 19.1. The number of aromatic nitrogens is 4. The van der Waals surface area contributed by atoms with Gasteiger partial charge in [0.05, 0.1) is 29.7 Å². The van der Waals surface area contributed by atoms with Gasteiger partial charge in [-0.15, -0.1) is 0 Å². The van der Waals surface area contributed by atoms with Crippen LogP contribution in [0.25, 0.3) is 32.7 Å². The van der Waals surface area contributed by atoms with Crippen molar-refractivity contribution in [2.45, 2.75) is 19.9 Å². The Morgan fingerprint density at radius 1 is 1.15 bits per heavy atom. The Hall–Kier alpha value is -3.66. The molecule has 0 saturated heterocycles. The number of rotatable bonds is 3. The van der Waals surface area contributed by atoms with Crippen molar-refractivity contribution in [3.63, 3.8) is 0 Å². The lowest BCUT2D eigenvalue weighted by Gasteiger charge is -2.10. The van der Waals surface area contributed by atoms with Crippen LogP contribution in [0.1, 0.15) is 19.9 Å². The minimum absolute atomic E-state index is 0.0136. The Kier molecular flexibility index (Phi) is 3.89. The number of nitrogen functional groups attached to an aromatic ring is 1. The molecule has 0 radical (unpaired) electrons. The standard InChI is InChI=1S/C20H17FN6/c1-12(2)26-18-7-5-15(8-14(18)11-24-26)27-19(10-20(22)25-27)13-4-6-17(23-3)16(21)9-13/h4-12H,1-2H3,(H2,22,25). The third kappa shape index (κ3) is 2.81. The van der Waals surface area contributed by atoms with E-state index in [1.807, 2.05) is 29.1 Å². The number of anilines is 1. The molecule has 0 unspecified atom stereocenters. The number of nitrogens with zero attached hydrogens (tertiary/aromatic N) is 5. The van der Waals surface area contributed by atoms with E-state index in [0.29, 0.717) is 17.1 Å². The third-order valence-corrected chi connectivity index (χ3v) is 4.41. The number of hydrogen-bond acceptors (Lipinski definition) is 3. The molecule has 0 aliphatic rings. The summed E-state index contributed by atoms with van der Waals surface area (Å²) in [5.41, 5.74) is 8.98. The summed E-state index contributed by atoms with van der Waals surface area (Å²) in [6.07, 6.45) is 1.82. The van der Waals surface area contributed by atoms with Crippen LogP contribution in [0.3, 0.4) is 0 Å². The molecule has 0 spiro atoms. The zero-order valence-corrected chi connectivity index (χ0v) is 14.9. The normalized spacial score (nSPS) is 11.2. The molecule has 134 valence electrons. The fourth-order valence-corrected chi connectivity index (χ4v) is 3.14. The van der Waals surface area contributed by atoms with Crippen molar-refractivity contribution < 1.29 is 4.39 Å². The Morgan fingerprint density at radius 2 is 1.96 bits per heavy atom. The molecule has 4 rings (SSSR count). The maximum absolute atomic E-state index is 14.1. The second kappa shape index (κ2) is 6.25. The Morgan fingerprint density at radius 3 is 2.67 bits per heavy atom. The van der Waals surface area contributed by atoms with Gasteiger partial charge in [0, 0.05) is 23.1 Å². The van der Waals surface area contributed by atoms with Crippen LogP contribution in [-0.2, 0) is 0 Å². The summed E-state index contributed by atoms with van der Waals surface area (Å²) >= 11 is 0. The van der Waals surface area contributed by atoms with Crippen molar-refractivity contribution in [1.82, 2.24) is 19.6 Å². The van der Waals surface area contributed by atoms with Gasteiger partial charge in [0.1, 0.15) is 11.6 Å². The molecule has 0 saturated carbocycles. The van der Waals surface area contributed by atoms with Crippen LogP contribution in [0, 0.1) is 12.4 Å². The van der Waals surface area contributed by atoms with Gasteiger partial charge >= 0.3 is 0 Å². The average molecular weight is 360 g/mol. The van der Waals surface area contributed by atoms with Crippen LogP contribution in [0.2, 0.25) is 0 Å². The van der Waals surface area contributed by atoms with Crippen molar-refractivity contribution >= 4 is 22.4 Å². The second-order valence-electron chi connectivity index (χ2n) is 6.57. The fourth-order valence-electron chi connectivity index (χ4n) is 3.14. The van der Waals surface area contributed by atoms with Crippen LogP contribution in [0.4, 0.5) is 15.9 Å². The van der Waals surface area contributed by atoms with E-state index < -0.39 is 5.82 Å². The Bertz CT molecular complexity index is 1200. The monoisotopic (exact) mass is 360 g/mol. The van der Waals surface area contributed by atoms with Gasteiger partial charge in [-0.25, -0.2) is 13.9 Å². The third-order valence-electron chi connectivity index (χ3n) is 4.41. The number of benzene rings is 2. The van der Waals surface area contributed by atoms with Crippen LogP contribution in [0.15, 0.2) is 48.7 Å². The minimum atomic E-state index is -0.567. The first-order chi connectivity index (χ1) is 13.0. The van der Waals surface area contributed by atoms with Crippen molar-refractivity contribution in [3.8, 4) is 16.9 Å². The van der Waals surface area contributed by atoms with E-state index in [-0.39, 0.29) is 11.7 Å². The molecule has 6 nitrogen and oxygen atoms in total. The first-order valence-corrected chi connectivity index (χ1v) is 8.48. The molecule has 2 aromatic heterocycles. The van der Waals surface area contributed by atoms with E-state index in [1.165, 1.54) is 12.1 Å². The maximum atomic E-state index is 14.1. The number of fused-ring (bicyclic) bond motifs is 1. The highest BCUT2D eigenvalue weighted by Crippen LogP contribution is 2.30. The van der Waals surface area contributed by atoms with Gasteiger partial charge in [-0.05, 0) is 38.1 Å². The summed E-state index contributed by atoms with van der Waals surface area (Å²) in [5.74, 6) is -0.236. The molecule has 2 N–H and O–H groups in total. The molecule has 0 aliphatic carbocycles. The van der Waals surface area contributed by atoms with Gasteiger partial charge in [-0.2, -0.15) is 10.2 Å². The SMILES string of the molecule is [C-]#[N+]c1ccc(-c2cc(N)nn2-c2ccc3c(cnn3C(C)C)c2)cc1F. The molecule has 0 aliphatic heterocycles. The van der Waals surface area contributed by atoms with E-state index in [9.17, 15) is 4.39 Å². The smallest absolute Gasteiger partial charge is 0.222 e. The molecule has 0 amide bonds. The summed E-state index contributed by atoms with van der Waals surface area (Å²) in [6, 6.07) is 12.3. The predicted molar refractivity (Wildman–Crippen MR) is 103 cm³/mol. The first kappa shape index (κ1) is 16.8. The Labute approximate surface area is 155 Å². The highest BCUT2D eigenvalue weighted by Gasteiger charge is 2.14. The predicted octanol–water partition coefficient (Wildman–Crippen LogP) is 4.74. The maximum Gasteiger partial charge on any atom is 0.222 e. The van der Waals surface area contributed by atoms with Gasteiger partial charge in [0.15, 0.2) is 0 Å². The van der Waals surface area contributed by atoms with Gasteiger partial charge in [0.2, 0.25) is 5.69 Å². The lowest BCUT2D eigenvalue weighted by atomic mass is 10.1. The molecule has 2 aromatic carbocycles. The van der Waals surface area contributed by atoms with Gasteiger partial charge < -0.3 is 5.73 Å². The average Bonchev–Trinajstić information content (AvgIpc) is 3.24. The number of nitrogens with two attached hydrogens (primary N) is 1. The van der Waals surface area contributed by atoms with Crippen LogP contribution < -0.4 is 5.73 Å². The Balaban J connectivity index is 1.85.